The van der Waals surface area contributed by atoms with Crippen LogP contribution in [0.2, 0.25) is 0 Å². The van der Waals surface area contributed by atoms with E-state index in [0.717, 1.165) is 43.6 Å². The molecule has 5 nitrogen and oxygen atoms in total. The van der Waals surface area contributed by atoms with E-state index in [4.69, 9.17) is 0 Å². The first kappa shape index (κ1) is 15.6. The number of urea groups is 1. The summed E-state index contributed by atoms with van der Waals surface area (Å²) in [7, 11) is 2.00. The lowest BCUT2D eigenvalue weighted by Crippen LogP contribution is -2.41. The molecule has 2 rings (SSSR count). The number of amides is 2. The number of rotatable bonds is 4. The Kier molecular flexibility index (Phi) is 5.44. The molecular formula is C16H25N3O2. The summed E-state index contributed by atoms with van der Waals surface area (Å²) >= 11 is 0. The molecule has 116 valence electrons. The van der Waals surface area contributed by atoms with Gasteiger partial charge in [-0.2, -0.15) is 0 Å². The monoisotopic (exact) mass is 291 g/mol. The summed E-state index contributed by atoms with van der Waals surface area (Å²) in [5, 5.41) is 15.4. The van der Waals surface area contributed by atoms with E-state index in [0.29, 0.717) is 0 Å². The van der Waals surface area contributed by atoms with Gasteiger partial charge in [-0.05, 0) is 44.7 Å². The summed E-state index contributed by atoms with van der Waals surface area (Å²) in [4.78, 5) is 14.2. The van der Waals surface area contributed by atoms with E-state index in [1.807, 2.05) is 31.3 Å². The second-order valence-electron chi connectivity index (χ2n) is 5.64. The first-order valence-corrected chi connectivity index (χ1v) is 7.66. The van der Waals surface area contributed by atoms with Crippen molar-refractivity contribution in [1.82, 2.24) is 5.32 Å². The van der Waals surface area contributed by atoms with E-state index in [9.17, 15) is 9.90 Å². The molecule has 0 saturated heterocycles. The number of para-hydroxylation sites is 2. The number of carbonyl (C=O) groups excluding carboxylic acids is 1. The van der Waals surface area contributed by atoms with Crippen molar-refractivity contribution in [2.75, 3.05) is 23.8 Å². The Morgan fingerprint density at radius 3 is 2.62 bits per heavy atom. The summed E-state index contributed by atoms with van der Waals surface area (Å²) in [6, 6.07) is 7.77. The lowest BCUT2D eigenvalue weighted by atomic mass is 9.93. The minimum atomic E-state index is -0.204. The summed E-state index contributed by atoms with van der Waals surface area (Å²) in [6.07, 6.45) is 3.00. The van der Waals surface area contributed by atoms with Crippen molar-refractivity contribution in [3.05, 3.63) is 24.3 Å². The van der Waals surface area contributed by atoms with Gasteiger partial charge in [-0.3, -0.25) is 0 Å². The molecule has 21 heavy (non-hydrogen) atoms. The fraction of sp³-hybridized carbons (Fsp3) is 0.562. The van der Waals surface area contributed by atoms with E-state index in [1.54, 1.807) is 0 Å². The maximum Gasteiger partial charge on any atom is 0.319 e. The lowest BCUT2D eigenvalue weighted by Gasteiger charge is -2.27. The van der Waals surface area contributed by atoms with Crippen LogP contribution in [0.1, 0.15) is 32.6 Å². The minimum Gasteiger partial charge on any atom is -0.393 e. The van der Waals surface area contributed by atoms with Gasteiger partial charge in [0.15, 0.2) is 0 Å². The maximum absolute atomic E-state index is 12.1. The highest BCUT2D eigenvalue weighted by Crippen LogP contribution is 2.24. The van der Waals surface area contributed by atoms with E-state index >= 15 is 0 Å². The number of hydrogen-bond donors (Lipinski definition) is 3. The molecule has 0 atom stereocenters. The number of nitrogens with zero attached hydrogens (tertiary/aromatic N) is 1. The van der Waals surface area contributed by atoms with Gasteiger partial charge in [-0.1, -0.05) is 12.1 Å². The Balaban J connectivity index is 1.93. The highest BCUT2D eigenvalue weighted by Gasteiger charge is 2.21. The van der Waals surface area contributed by atoms with Crippen molar-refractivity contribution in [3.63, 3.8) is 0 Å². The minimum absolute atomic E-state index is 0.157. The molecule has 0 bridgehead atoms. The number of benzene rings is 1. The van der Waals surface area contributed by atoms with Crippen LogP contribution >= 0.6 is 0 Å². The fourth-order valence-electron chi connectivity index (χ4n) is 2.65. The molecule has 2 amide bonds. The average molecular weight is 291 g/mol. The van der Waals surface area contributed by atoms with Gasteiger partial charge in [0.1, 0.15) is 0 Å². The molecule has 3 N–H and O–H groups in total. The molecular weight excluding hydrogens is 266 g/mol. The van der Waals surface area contributed by atoms with Gasteiger partial charge in [0.05, 0.1) is 17.5 Å². The zero-order valence-corrected chi connectivity index (χ0v) is 12.8. The Morgan fingerprint density at radius 1 is 1.29 bits per heavy atom. The quantitative estimate of drug-likeness (QED) is 0.799. The SMILES string of the molecule is CCN(C)c1ccccc1NC(=O)NC1CCC(O)CC1. The van der Waals surface area contributed by atoms with E-state index < -0.39 is 0 Å². The molecule has 5 heteroatoms. The molecule has 1 saturated carbocycles. The van der Waals surface area contributed by atoms with E-state index in [-0.39, 0.29) is 18.2 Å². The van der Waals surface area contributed by atoms with Crippen LogP contribution < -0.4 is 15.5 Å². The molecule has 0 radical (unpaired) electrons. The van der Waals surface area contributed by atoms with Crippen LogP contribution in [0.5, 0.6) is 0 Å². The van der Waals surface area contributed by atoms with Gasteiger partial charge in [-0.15, -0.1) is 0 Å². The summed E-state index contributed by atoms with van der Waals surface area (Å²) in [5.74, 6) is 0. The van der Waals surface area contributed by atoms with Gasteiger partial charge < -0.3 is 20.6 Å². The van der Waals surface area contributed by atoms with Crippen molar-refractivity contribution in [2.45, 2.75) is 44.8 Å². The zero-order valence-electron chi connectivity index (χ0n) is 12.8. The number of nitrogens with one attached hydrogen (secondary N) is 2. The van der Waals surface area contributed by atoms with Crippen molar-refractivity contribution in [3.8, 4) is 0 Å². The third kappa shape index (κ3) is 4.36. The highest BCUT2D eigenvalue weighted by atomic mass is 16.3. The van der Waals surface area contributed by atoms with Gasteiger partial charge in [0.25, 0.3) is 0 Å². The molecule has 1 aromatic carbocycles. The first-order chi connectivity index (χ1) is 10.1. The molecule has 0 aliphatic heterocycles. The van der Waals surface area contributed by atoms with Crippen molar-refractivity contribution >= 4 is 17.4 Å². The summed E-state index contributed by atoms with van der Waals surface area (Å²) in [5.41, 5.74) is 1.82. The second kappa shape index (κ2) is 7.31. The predicted octanol–water partition coefficient (Wildman–Crippen LogP) is 2.57. The van der Waals surface area contributed by atoms with Gasteiger partial charge in [-0.25, -0.2) is 4.79 Å². The van der Waals surface area contributed by atoms with Crippen LogP contribution in [-0.4, -0.2) is 36.9 Å². The summed E-state index contributed by atoms with van der Waals surface area (Å²) < 4.78 is 0. The zero-order chi connectivity index (χ0) is 15.2. The van der Waals surface area contributed by atoms with Gasteiger partial charge in [0, 0.05) is 19.6 Å². The third-order valence-electron chi connectivity index (χ3n) is 4.07. The Hall–Kier alpha value is -1.75. The van der Waals surface area contributed by atoms with Crippen LogP contribution in [0.3, 0.4) is 0 Å². The third-order valence-corrected chi connectivity index (χ3v) is 4.07. The van der Waals surface area contributed by atoms with Gasteiger partial charge >= 0.3 is 6.03 Å². The molecule has 1 fully saturated rings. The van der Waals surface area contributed by atoms with Crippen molar-refractivity contribution in [1.29, 1.82) is 0 Å². The van der Waals surface area contributed by atoms with E-state index in [1.165, 1.54) is 0 Å². The van der Waals surface area contributed by atoms with Gasteiger partial charge in [0.2, 0.25) is 0 Å². The average Bonchev–Trinajstić information content (AvgIpc) is 2.49. The number of aliphatic hydroxyl groups is 1. The molecule has 1 aromatic rings. The normalized spacial score (nSPS) is 21.7. The molecule has 0 unspecified atom stereocenters. The number of hydrogen-bond acceptors (Lipinski definition) is 3. The molecule has 0 heterocycles. The smallest absolute Gasteiger partial charge is 0.319 e. The van der Waals surface area contributed by atoms with Crippen LogP contribution in [0.25, 0.3) is 0 Å². The van der Waals surface area contributed by atoms with Crippen LogP contribution in [0, 0.1) is 0 Å². The topological polar surface area (TPSA) is 64.6 Å². The Labute approximate surface area is 126 Å². The van der Waals surface area contributed by atoms with Crippen molar-refractivity contribution in [2.24, 2.45) is 0 Å². The molecule has 0 aromatic heterocycles. The van der Waals surface area contributed by atoms with Crippen molar-refractivity contribution < 1.29 is 9.90 Å². The standard InChI is InChI=1S/C16H25N3O2/c1-3-19(2)15-7-5-4-6-14(15)18-16(21)17-12-8-10-13(20)11-9-12/h4-7,12-13,20H,3,8-11H2,1-2H3,(H2,17,18,21). The Morgan fingerprint density at radius 2 is 1.95 bits per heavy atom. The number of anilines is 2. The first-order valence-electron chi connectivity index (χ1n) is 7.66. The molecule has 1 aliphatic carbocycles. The molecule has 1 aliphatic rings. The number of carbonyl (C=O) groups is 1. The van der Waals surface area contributed by atoms with E-state index in [2.05, 4.69) is 22.5 Å². The maximum atomic E-state index is 12.1. The lowest BCUT2D eigenvalue weighted by molar-refractivity contribution is 0.118. The number of aliphatic hydroxyl groups excluding tert-OH is 1. The fourth-order valence-corrected chi connectivity index (χ4v) is 2.65. The molecule has 0 spiro atoms. The summed E-state index contributed by atoms with van der Waals surface area (Å²) in [6.45, 7) is 2.95. The second-order valence-corrected chi connectivity index (χ2v) is 5.64. The highest BCUT2D eigenvalue weighted by molar-refractivity contribution is 5.93. The predicted molar refractivity (Wildman–Crippen MR) is 85.8 cm³/mol. The van der Waals surface area contributed by atoms with Crippen LogP contribution in [0.15, 0.2) is 24.3 Å². The Bertz CT molecular complexity index is 470. The largest absolute Gasteiger partial charge is 0.393 e. The van der Waals surface area contributed by atoms with Crippen LogP contribution in [0.4, 0.5) is 16.2 Å². The van der Waals surface area contributed by atoms with Crippen LogP contribution in [-0.2, 0) is 0 Å².